The van der Waals surface area contributed by atoms with Crippen molar-refractivity contribution in [3.8, 4) is 11.5 Å². The Hall–Kier alpha value is -1.79. The summed E-state index contributed by atoms with van der Waals surface area (Å²) in [5.41, 5.74) is 5.83. The van der Waals surface area contributed by atoms with E-state index >= 15 is 0 Å². The third-order valence-corrected chi connectivity index (χ3v) is 2.98. The average Bonchev–Trinajstić information content (AvgIpc) is 2.39. The summed E-state index contributed by atoms with van der Waals surface area (Å²) < 4.78 is 10.2. The molecule has 1 aromatic rings. The molecular weight excluding hydrogens is 274 g/mol. The van der Waals surface area contributed by atoms with Crippen LogP contribution in [0.3, 0.4) is 0 Å². The van der Waals surface area contributed by atoms with Crippen LogP contribution >= 0.6 is 11.6 Å². The lowest BCUT2D eigenvalue weighted by molar-refractivity contribution is -0.138. The highest BCUT2D eigenvalue weighted by atomic mass is 35.5. The van der Waals surface area contributed by atoms with Crippen LogP contribution in [0.15, 0.2) is 6.07 Å². The molecule has 3 N–H and O–H groups in total. The van der Waals surface area contributed by atoms with Crippen molar-refractivity contribution >= 4 is 23.9 Å². The second kappa shape index (κ2) is 6.40. The minimum absolute atomic E-state index is 0.0950. The molecule has 0 aliphatic rings. The Balaban J connectivity index is 3.63. The maximum atomic E-state index is 11.2. The van der Waals surface area contributed by atoms with E-state index in [1.54, 1.807) is 0 Å². The number of aliphatic carboxylic acids is 1. The number of rotatable bonds is 6. The van der Waals surface area contributed by atoms with Crippen LogP contribution in [0, 0.1) is 0 Å². The Bertz CT molecular complexity index is 503. The summed E-state index contributed by atoms with van der Waals surface area (Å²) in [5.74, 6) is -1.94. The van der Waals surface area contributed by atoms with E-state index in [-0.39, 0.29) is 34.2 Å². The molecule has 0 aromatic heterocycles. The third kappa shape index (κ3) is 2.80. The van der Waals surface area contributed by atoms with Crippen LogP contribution in [0.5, 0.6) is 11.5 Å². The van der Waals surface area contributed by atoms with E-state index < -0.39 is 11.9 Å². The molecule has 0 amide bonds. The Labute approximate surface area is 115 Å². The van der Waals surface area contributed by atoms with E-state index in [4.69, 9.17) is 31.9 Å². The van der Waals surface area contributed by atoms with Crippen molar-refractivity contribution in [1.29, 1.82) is 0 Å². The minimum atomic E-state index is -1.14. The number of methoxy groups -OCH3 is 2. The molecule has 1 unspecified atom stereocenters. The van der Waals surface area contributed by atoms with E-state index in [9.17, 15) is 9.59 Å². The summed E-state index contributed by atoms with van der Waals surface area (Å²) in [7, 11) is 2.68. The SMILES string of the molecule is COc1c(C=O)cc(Cl)c(C(CN)C(=O)O)c1OC. The number of hydrogen-bond acceptors (Lipinski definition) is 5. The smallest absolute Gasteiger partial charge is 0.312 e. The summed E-state index contributed by atoms with van der Waals surface area (Å²) in [6.45, 7) is -0.158. The molecule has 0 radical (unpaired) electrons. The van der Waals surface area contributed by atoms with Crippen molar-refractivity contribution in [3.63, 3.8) is 0 Å². The van der Waals surface area contributed by atoms with Gasteiger partial charge in [0, 0.05) is 17.1 Å². The fourth-order valence-corrected chi connectivity index (χ4v) is 2.14. The zero-order valence-corrected chi connectivity index (χ0v) is 11.2. The van der Waals surface area contributed by atoms with Crippen molar-refractivity contribution in [2.45, 2.75) is 5.92 Å². The number of carbonyl (C=O) groups is 2. The number of carboxylic acids is 1. The lowest BCUT2D eigenvalue weighted by Gasteiger charge is -2.19. The number of carboxylic acid groups (broad SMARTS) is 1. The number of halogens is 1. The van der Waals surface area contributed by atoms with Gasteiger partial charge in [-0.3, -0.25) is 9.59 Å². The van der Waals surface area contributed by atoms with Crippen molar-refractivity contribution in [2.75, 3.05) is 20.8 Å². The van der Waals surface area contributed by atoms with Crippen LogP contribution < -0.4 is 15.2 Å². The van der Waals surface area contributed by atoms with Gasteiger partial charge in [0.25, 0.3) is 0 Å². The van der Waals surface area contributed by atoms with Gasteiger partial charge in [0.2, 0.25) is 0 Å². The van der Waals surface area contributed by atoms with Crippen LogP contribution in [0.1, 0.15) is 21.8 Å². The van der Waals surface area contributed by atoms with Crippen LogP contribution in [-0.4, -0.2) is 38.1 Å². The zero-order chi connectivity index (χ0) is 14.6. The highest BCUT2D eigenvalue weighted by Gasteiger charge is 2.28. The lowest BCUT2D eigenvalue weighted by atomic mass is 9.96. The van der Waals surface area contributed by atoms with Gasteiger partial charge in [0.05, 0.1) is 25.7 Å². The van der Waals surface area contributed by atoms with E-state index in [0.717, 1.165) is 0 Å². The quantitative estimate of drug-likeness (QED) is 0.765. The fraction of sp³-hybridized carbons (Fsp3) is 0.333. The zero-order valence-electron chi connectivity index (χ0n) is 10.5. The summed E-state index contributed by atoms with van der Waals surface area (Å²) in [4.78, 5) is 22.2. The molecule has 0 fully saturated rings. The molecule has 1 aromatic carbocycles. The monoisotopic (exact) mass is 287 g/mol. The van der Waals surface area contributed by atoms with E-state index in [0.29, 0.717) is 6.29 Å². The molecule has 1 atom stereocenters. The molecule has 0 bridgehead atoms. The molecule has 0 saturated carbocycles. The first-order chi connectivity index (χ1) is 9.01. The van der Waals surface area contributed by atoms with E-state index in [1.165, 1.54) is 20.3 Å². The summed E-state index contributed by atoms with van der Waals surface area (Å²) >= 11 is 6.03. The van der Waals surface area contributed by atoms with Crippen LogP contribution in [0.4, 0.5) is 0 Å². The molecule has 0 heterocycles. The molecule has 0 spiro atoms. The maximum Gasteiger partial charge on any atom is 0.312 e. The Morgan fingerprint density at radius 1 is 1.47 bits per heavy atom. The van der Waals surface area contributed by atoms with Crippen molar-refractivity contribution in [2.24, 2.45) is 5.73 Å². The number of nitrogens with two attached hydrogens (primary N) is 1. The predicted octanol–water partition coefficient (Wildman–Crippen LogP) is 1.30. The molecule has 1 rings (SSSR count). The van der Waals surface area contributed by atoms with Gasteiger partial charge < -0.3 is 20.3 Å². The van der Waals surface area contributed by atoms with Crippen LogP contribution in [0.2, 0.25) is 5.02 Å². The van der Waals surface area contributed by atoms with Crippen LogP contribution in [0.25, 0.3) is 0 Å². The number of aldehydes is 1. The second-order valence-corrected chi connectivity index (χ2v) is 4.08. The lowest BCUT2D eigenvalue weighted by Crippen LogP contribution is -2.22. The van der Waals surface area contributed by atoms with Crippen molar-refractivity contribution < 1.29 is 24.2 Å². The van der Waals surface area contributed by atoms with Gasteiger partial charge in [-0.2, -0.15) is 0 Å². The molecule has 0 aliphatic heterocycles. The van der Waals surface area contributed by atoms with Gasteiger partial charge in [-0.15, -0.1) is 0 Å². The van der Waals surface area contributed by atoms with Crippen molar-refractivity contribution in [3.05, 3.63) is 22.2 Å². The second-order valence-electron chi connectivity index (χ2n) is 3.67. The number of hydrogen-bond donors (Lipinski definition) is 2. The minimum Gasteiger partial charge on any atom is -0.492 e. The number of ether oxygens (including phenoxy) is 2. The molecule has 19 heavy (non-hydrogen) atoms. The largest absolute Gasteiger partial charge is 0.492 e. The summed E-state index contributed by atoms with van der Waals surface area (Å²) in [5, 5.41) is 9.25. The van der Waals surface area contributed by atoms with Gasteiger partial charge in [-0.25, -0.2) is 0 Å². The first kappa shape index (κ1) is 15.3. The predicted molar refractivity (Wildman–Crippen MR) is 69.4 cm³/mol. The topological polar surface area (TPSA) is 98.9 Å². The van der Waals surface area contributed by atoms with Gasteiger partial charge in [0.15, 0.2) is 17.8 Å². The third-order valence-electron chi connectivity index (χ3n) is 2.67. The molecular formula is C12H14ClNO5. The Kier molecular flexibility index (Phi) is 5.14. The molecule has 104 valence electrons. The standard InChI is InChI=1S/C12H14ClNO5/c1-18-10-6(5-15)3-8(13)9(11(10)19-2)7(4-14)12(16)17/h3,5,7H,4,14H2,1-2H3,(H,16,17). The van der Waals surface area contributed by atoms with Crippen LogP contribution in [-0.2, 0) is 4.79 Å². The van der Waals surface area contributed by atoms with E-state index in [1.807, 2.05) is 0 Å². The maximum absolute atomic E-state index is 11.2. The molecule has 0 aliphatic carbocycles. The van der Waals surface area contributed by atoms with Gasteiger partial charge in [-0.1, -0.05) is 11.6 Å². The molecule has 6 nitrogen and oxygen atoms in total. The van der Waals surface area contributed by atoms with E-state index in [2.05, 4.69) is 0 Å². The molecule has 7 heteroatoms. The summed E-state index contributed by atoms with van der Waals surface area (Å²) in [6.07, 6.45) is 0.551. The first-order valence-corrected chi connectivity index (χ1v) is 5.71. The number of carbonyl (C=O) groups excluding carboxylic acids is 1. The summed E-state index contributed by atoms with van der Waals surface area (Å²) in [6, 6.07) is 1.33. The fourth-order valence-electron chi connectivity index (χ4n) is 1.81. The first-order valence-electron chi connectivity index (χ1n) is 5.34. The Morgan fingerprint density at radius 3 is 2.42 bits per heavy atom. The highest BCUT2D eigenvalue weighted by molar-refractivity contribution is 6.32. The van der Waals surface area contributed by atoms with Gasteiger partial charge in [0.1, 0.15) is 0 Å². The van der Waals surface area contributed by atoms with Crippen molar-refractivity contribution in [1.82, 2.24) is 0 Å². The van der Waals surface area contributed by atoms with Gasteiger partial charge >= 0.3 is 5.97 Å². The normalized spacial score (nSPS) is 11.8. The highest BCUT2D eigenvalue weighted by Crippen LogP contribution is 2.42. The molecule has 0 saturated heterocycles. The van der Waals surface area contributed by atoms with Gasteiger partial charge in [-0.05, 0) is 6.07 Å². The average molecular weight is 288 g/mol. The number of benzene rings is 1. The Morgan fingerprint density at radius 2 is 2.05 bits per heavy atom.